The normalized spacial score (nSPS) is 16.7. The van der Waals surface area contributed by atoms with Crippen molar-refractivity contribution in [2.24, 2.45) is 0 Å². The van der Waals surface area contributed by atoms with Crippen LogP contribution >= 0.6 is 0 Å². The van der Waals surface area contributed by atoms with Crippen LogP contribution in [0.4, 0.5) is 11.4 Å². The van der Waals surface area contributed by atoms with Gasteiger partial charge in [-0.3, -0.25) is 14.2 Å². The van der Waals surface area contributed by atoms with Crippen molar-refractivity contribution < 1.29 is 13.2 Å². The fraction of sp³-hybridized carbons (Fsp3) is 0.444. The number of amides is 1. The van der Waals surface area contributed by atoms with Gasteiger partial charge in [-0.05, 0) is 69.6 Å². The van der Waals surface area contributed by atoms with Crippen molar-refractivity contribution in [3.8, 4) is 0 Å². The monoisotopic (exact) mass is 391 g/mol. The van der Waals surface area contributed by atoms with Gasteiger partial charge in [0.25, 0.3) is 5.91 Å². The quantitative estimate of drug-likeness (QED) is 0.695. The Morgan fingerprint density at radius 2 is 2.07 bits per heavy atom. The molecule has 2 heterocycles. The van der Waals surface area contributed by atoms with E-state index in [0.29, 0.717) is 24.2 Å². The van der Waals surface area contributed by atoms with Gasteiger partial charge in [-0.2, -0.15) is 5.10 Å². The van der Waals surface area contributed by atoms with E-state index in [9.17, 15) is 13.2 Å². The molecule has 3 rings (SSSR count). The van der Waals surface area contributed by atoms with E-state index in [2.05, 4.69) is 20.5 Å². The average Bonchev–Trinajstić information content (AvgIpc) is 3.20. The summed E-state index contributed by atoms with van der Waals surface area (Å²) in [6, 6.07) is 6.95. The van der Waals surface area contributed by atoms with Crippen LogP contribution in [0.25, 0.3) is 0 Å². The molecule has 0 saturated carbocycles. The molecule has 1 fully saturated rings. The number of carbonyl (C=O) groups excluding carboxylic acids is 1. The molecule has 0 unspecified atom stereocenters. The molecule has 146 valence electrons. The van der Waals surface area contributed by atoms with Gasteiger partial charge in [0.05, 0.1) is 11.4 Å². The van der Waals surface area contributed by atoms with Crippen LogP contribution in [-0.4, -0.2) is 42.9 Å². The average molecular weight is 391 g/mol. The van der Waals surface area contributed by atoms with Crippen LogP contribution in [-0.2, 0) is 20.4 Å². The first kappa shape index (κ1) is 19.4. The highest BCUT2D eigenvalue weighted by molar-refractivity contribution is 7.92. The van der Waals surface area contributed by atoms with Crippen molar-refractivity contribution in [3.05, 3.63) is 42.2 Å². The Labute approximate surface area is 159 Å². The standard InChI is InChI=1S/C18H25N5O3S/c1-3-27(25,26)22-16-6-5-15(13-14(16)2)21-17(24)18(7-10-19-11-8-18)23-12-4-9-20-23/h4-6,9,12-13,19,22H,3,7-8,10-11H2,1-2H3,(H,21,24). The third-order valence-corrected chi connectivity index (χ3v) is 6.22. The lowest BCUT2D eigenvalue weighted by Crippen LogP contribution is -2.52. The number of anilines is 2. The predicted octanol–water partition coefficient (Wildman–Crippen LogP) is 1.67. The Kier molecular flexibility index (Phi) is 5.52. The maximum Gasteiger partial charge on any atom is 0.252 e. The van der Waals surface area contributed by atoms with Crippen molar-refractivity contribution in [2.75, 3.05) is 28.9 Å². The first-order valence-corrected chi connectivity index (χ1v) is 10.6. The summed E-state index contributed by atoms with van der Waals surface area (Å²) in [6.45, 7) is 4.87. The van der Waals surface area contributed by atoms with Crippen LogP contribution in [0.3, 0.4) is 0 Å². The zero-order chi connectivity index (χ0) is 19.5. The second-order valence-corrected chi connectivity index (χ2v) is 8.73. The van der Waals surface area contributed by atoms with Gasteiger partial charge in [-0.1, -0.05) is 0 Å². The zero-order valence-electron chi connectivity index (χ0n) is 15.5. The van der Waals surface area contributed by atoms with Gasteiger partial charge < -0.3 is 10.6 Å². The van der Waals surface area contributed by atoms with E-state index in [-0.39, 0.29) is 11.7 Å². The van der Waals surface area contributed by atoms with Crippen LogP contribution in [0.5, 0.6) is 0 Å². The van der Waals surface area contributed by atoms with Gasteiger partial charge in [-0.25, -0.2) is 8.42 Å². The molecule has 0 spiro atoms. The maximum atomic E-state index is 13.1. The first-order chi connectivity index (χ1) is 12.9. The molecule has 9 heteroatoms. The molecule has 1 aromatic carbocycles. The molecule has 3 N–H and O–H groups in total. The molecular weight excluding hydrogens is 366 g/mol. The van der Waals surface area contributed by atoms with Crippen LogP contribution in [0.2, 0.25) is 0 Å². The Balaban J connectivity index is 1.81. The highest BCUT2D eigenvalue weighted by atomic mass is 32.2. The number of benzene rings is 1. The molecule has 0 aliphatic carbocycles. The third-order valence-electron chi connectivity index (χ3n) is 4.93. The highest BCUT2D eigenvalue weighted by Crippen LogP contribution is 2.29. The number of nitrogens with zero attached hydrogens (tertiary/aromatic N) is 2. The molecule has 1 aromatic heterocycles. The van der Waals surface area contributed by atoms with Crippen LogP contribution in [0, 0.1) is 6.92 Å². The summed E-state index contributed by atoms with van der Waals surface area (Å²) in [7, 11) is -3.34. The van der Waals surface area contributed by atoms with Crippen molar-refractivity contribution in [1.29, 1.82) is 0 Å². The maximum absolute atomic E-state index is 13.1. The molecule has 8 nitrogen and oxygen atoms in total. The minimum Gasteiger partial charge on any atom is -0.324 e. The second-order valence-electron chi connectivity index (χ2n) is 6.72. The van der Waals surface area contributed by atoms with E-state index in [1.54, 1.807) is 42.9 Å². The van der Waals surface area contributed by atoms with Crippen molar-refractivity contribution in [2.45, 2.75) is 32.2 Å². The lowest BCUT2D eigenvalue weighted by molar-refractivity contribution is -0.126. The SMILES string of the molecule is CCS(=O)(=O)Nc1ccc(NC(=O)C2(n3cccn3)CCNCC2)cc1C. The molecule has 1 saturated heterocycles. The molecule has 1 aliphatic rings. The van der Waals surface area contributed by atoms with E-state index in [0.717, 1.165) is 18.7 Å². The second kappa shape index (κ2) is 7.69. The lowest BCUT2D eigenvalue weighted by Gasteiger charge is -2.36. The summed E-state index contributed by atoms with van der Waals surface area (Å²) in [4.78, 5) is 13.1. The summed E-state index contributed by atoms with van der Waals surface area (Å²) in [5.41, 5.74) is 1.15. The largest absolute Gasteiger partial charge is 0.324 e. The minimum atomic E-state index is -3.34. The Bertz CT molecular complexity index is 903. The van der Waals surface area contributed by atoms with E-state index in [1.807, 2.05) is 12.3 Å². The van der Waals surface area contributed by atoms with E-state index >= 15 is 0 Å². The summed E-state index contributed by atoms with van der Waals surface area (Å²) in [6.07, 6.45) is 4.79. The smallest absolute Gasteiger partial charge is 0.252 e. The van der Waals surface area contributed by atoms with Gasteiger partial charge in [0, 0.05) is 18.1 Å². The Morgan fingerprint density at radius 3 is 2.67 bits per heavy atom. The number of rotatable bonds is 6. The minimum absolute atomic E-state index is 0.00531. The number of carbonyl (C=O) groups is 1. The van der Waals surface area contributed by atoms with E-state index in [4.69, 9.17) is 0 Å². The fourth-order valence-corrected chi connectivity index (χ4v) is 3.97. The summed E-state index contributed by atoms with van der Waals surface area (Å²) in [5.74, 6) is -0.111. The Hall–Kier alpha value is -2.39. The molecule has 0 bridgehead atoms. The number of hydrogen-bond donors (Lipinski definition) is 3. The third kappa shape index (κ3) is 4.14. The molecule has 2 aromatic rings. The van der Waals surface area contributed by atoms with Crippen molar-refractivity contribution in [1.82, 2.24) is 15.1 Å². The number of piperidine rings is 1. The molecule has 1 aliphatic heterocycles. The molecule has 1 amide bonds. The number of hydrogen-bond acceptors (Lipinski definition) is 5. The van der Waals surface area contributed by atoms with Crippen LogP contribution in [0.15, 0.2) is 36.7 Å². The van der Waals surface area contributed by atoms with E-state index in [1.165, 1.54) is 0 Å². The first-order valence-electron chi connectivity index (χ1n) is 9.00. The van der Waals surface area contributed by atoms with Gasteiger partial charge >= 0.3 is 0 Å². The summed E-state index contributed by atoms with van der Waals surface area (Å²) in [5, 5.41) is 10.6. The number of sulfonamides is 1. The number of aryl methyl sites for hydroxylation is 1. The van der Waals surface area contributed by atoms with Crippen LogP contribution in [0.1, 0.15) is 25.3 Å². The van der Waals surface area contributed by atoms with Crippen molar-refractivity contribution >= 4 is 27.3 Å². The molecule has 0 radical (unpaired) electrons. The predicted molar refractivity (Wildman–Crippen MR) is 105 cm³/mol. The van der Waals surface area contributed by atoms with Crippen LogP contribution < -0.4 is 15.4 Å². The van der Waals surface area contributed by atoms with Gasteiger partial charge in [-0.15, -0.1) is 0 Å². The van der Waals surface area contributed by atoms with E-state index < -0.39 is 15.6 Å². The van der Waals surface area contributed by atoms with Gasteiger partial charge in [0.15, 0.2) is 0 Å². The fourth-order valence-electron chi connectivity index (χ4n) is 3.27. The molecule has 0 atom stereocenters. The summed E-state index contributed by atoms with van der Waals surface area (Å²) < 4.78 is 27.8. The van der Waals surface area contributed by atoms with Gasteiger partial charge in [0.2, 0.25) is 10.0 Å². The van der Waals surface area contributed by atoms with Gasteiger partial charge in [0.1, 0.15) is 5.54 Å². The summed E-state index contributed by atoms with van der Waals surface area (Å²) >= 11 is 0. The van der Waals surface area contributed by atoms with Crippen molar-refractivity contribution in [3.63, 3.8) is 0 Å². The Morgan fingerprint density at radius 1 is 1.33 bits per heavy atom. The number of aromatic nitrogens is 2. The number of nitrogens with one attached hydrogen (secondary N) is 3. The topological polar surface area (TPSA) is 105 Å². The molecule has 27 heavy (non-hydrogen) atoms. The molecular formula is C18H25N5O3S. The lowest BCUT2D eigenvalue weighted by atomic mass is 9.87. The zero-order valence-corrected chi connectivity index (χ0v) is 16.3. The highest BCUT2D eigenvalue weighted by Gasteiger charge is 2.42.